The summed E-state index contributed by atoms with van der Waals surface area (Å²) >= 11 is 0. The van der Waals surface area contributed by atoms with Crippen molar-refractivity contribution in [2.24, 2.45) is 0 Å². The Balaban J connectivity index is 1.71. The quantitative estimate of drug-likeness (QED) is 0.545. The van der Waals surface area contributed by atoms with Crippen molar-refractivity contribution >= 4 is 18.7 Å². The number of carbonyl (C=O) groups excluding carboxylic acids is 1. The van der Waals surface area contributed by atoms with Gasteiger partial charge in [0.1, 0.15) is 12.1 Å². The topological polar surface area (TPSA) is 85.2 Å². The Morgan fingerprint density at radius 2 is 2.25 bits per heavy atom. The smallest absolute Gasteiger partial charge is 0.270 e. The molecule has 0 aliphatic carbocycles. The number of nitrogens with one attached hydrogen (secondary N) is 1. The molecule has 7 nitrogen and oxygen atoms in total. The molecule has 3 heterocycles. The molecule has 0 aromatic carbocycles. The van der Waals surface area contributed by atoms with Crippen LogP contribution in [0.5, 0.6) is 0 Å². The molecule has 28 heavy (non-hydrogen) atoms. The maximum Gasteiger partial charge on any atom is 0.270 e. The second-order valence-corrected chi connectivity index (χ2v) is 7.45. The summed E-state index contributed by atoms with van der Waals surface area (Å²) in [4.78, 5) is 24.7. The minimum absolute atomic E-state index is 0.00893. The zero-order valence-corrected chi connectivity index (χ0v) is 16.5. The first-order chi connectivity index (χ1) is 13.6. The number of nitrogens with zero attached hydrogens (tertiary/aromatic N) is 5. The van der Waals surface area contributed by atoms with Crippen LogP contribution in [-0.4, -0.2) is 58.9 Å². The van der Waals surface area contributed by atoms with E-state index in [1.54, 1.807) is 0 Å². The molecule has 1 unspecified atom stereocenters. The predicted octanol–water partition coefficient (Wildman–Crippen LogP) is 1.72. The standard InChI is InChI=1S/C20H27BN6O/c1-15(23-3)18(5-4-10-28)27-12-17-11-24-19(25-20(17)16(27)2)13-26-8-6-21(14-22)7-9-26/h10-11,18,23H,1-2,4-9,12-13H2,3H3. The third-order valence-electron chi connectivity index (χ3n) is 5.67. The highest BCUT2D eigenvalue weighted by Gasteiger charge is 2.31. The van der Waals surface area contributed by atoms with E-state index in [1.807, 2.05) is 13.2 Å². The summed E-state index contributed by atoms with van der Waals surface area (Å²) in [5.41, 5.74) is 3.66. The molecule has 8 heteroatoms. The molecule has 1 fully saturated rings. The van der Waals surface area contributed by atoms with Gasteiger partial charge in [0.15, 0.2) is 0 Å². The van der Waals surface area contributed by atoms with Crippen LogP contribution in [0.25, 0.3) is 5.70 Å². The first kappa shape index (κ1) is 20.1. The van der Waals surface area contributed by atoms with Crippen LogP contribution in [0.4, 0.5) is 0 Å². The van der Waals surface area contributed by atoms with Gasteiger partial charge in [-0.2, -0.15) is 0 Å². The summed E-state index contributed by atoms with van der Waals surface area (Å²) in [6.07, 6.45) is 5.81. The van der Waals surface area contributed by atoms with Gasteiger partial charge in [0.2, 0.25) is 0 Å². The van der Waals surface area contributed by atoms with E-state index >= 15 is 0 Å². The molecule has 0 amide bonds. The van der Waals surface area contributed by atoms with Crippen LogP contribution in [0, 0.1) is 11.2 Å². The van der Waals surface area contributed by atoms with Crippen LogP contribution in [0.15, 0.2) is 25.1 Å². The highest BCUT2D eigenvalue weighted by Crippen LogP contribution is 2.34. The Bertz CT molecular complexity index is 796. The number of rotatable bonds is 8. The van der Waals surface area contributed by atoms with Gasteiger partial charge in [-0.15, -0.1) is 0 Å². The summed E-state index contributed by atoms with van der Waals surface area (Å²) in [6, 6.07) is -0.00893. The first-order valence-corrected chi connectivity index (χ1v) is 9.80. The van der Waals surface area contributed by atoms with E-state index in [9.17, 15) is 4.79 Å². The van der Waals surface area contributed by atoms with Crippen LogP contribution < -0.4 is 5.32 Å². The van der Waals surface area contributed by atoms with Crippen molar-refractivity contribution in [3.8, 4) is 5.97 Å². The summed E-state index contributed by atoms with van der Waals surface area (Å²) < 4.78 is 0. The molecule has 1 saturated heterocycles. The largest absolute Gasteiger partial charge is 0.390 e. The third kappa shape index (κ3) is 4.25. The predicted molar refractivity (Wildman–Crippen MR) is 110 cm³/mol. The van der Waals surface area contributed by atoms with Crippen molar-refractivity contribution in [1.29, 1.82) is 5.26 Å². The maximum absolute atomic E-state index is 10.9. The van der Waals surface area contributed by atoms with Crippen LogP contribution in [-0.2, 0) is 17.9 Å². The fourth-order valence-electron chi connectivity index (χ4n) is 3.93. The second kappa shape index (κ2) is 9.02. The Labute approximate surface area is 167 Å². The molecule has 0 bridgehead atoms. The minimum atomic E-state index is -0.00893. The number of fused-ring (bicyclic) bond motifs is 1. The van der Waals surface area contributed by atoms with Crippen molar-refractivity contribution in [3.63, 3.8) is 0 Å². The molecule has 1 aromatic heterocycles. The Morgan fingerprint density at radius 1 is 1.50 bits per heavy atom. The summed E-state index contributed by atoms with van der Waals surface area (Å²) in [6.45, 7) is 11.7. The number of hydrogen-bond donors (Lipinski definition) is 1. The van der Waals surface area contributed by atoms with Crippen molar-refractivity contribution in [2.75, 3.05) is 20.1 Å². The number of hydrogen-bond acceptors (Lipinski definition) is 7. The summed E-state index contributed by atoms with van der Waals surface area (Å²) in [7, 11) is 1.84. The van der Waals surface area contributed by atoms with Gasteiger partial charge >= 0.3 is 0 Å². The van der Waals surface area contributed by atoms with E-state index in [0.29, 0.717) is 25.9 Å². The number of likely N-dealkylation sites (N-methyl/N-ethyl adjacent to an activating group) is 1. The van der Waals surface area contributed by atoms with Gasteiger partial charge < -0.3 is 15.0 Å². The molecule has 0 radical (unpaired) electrons. The second-order valence-electron chi connectivity index (χ2n) is 7.45. The van der Waals surface area contributed by atoms with Gasteiger partial charge in [-0.3, -0.25) is 4.90 Å². The number of carbonyl (C=O) groups is 1. The van der Waals surface area contributed by atoms with Gasteiger partial charge in [-0.1, -0.05) is 13.2 Å². The SMILES string of the molecule is C=C(NC)C(CCC=O)N1Cc2cnc(CN3CCB(C#N)CC3)nc2C1=C. The molecule has 2 aliphatic rings. The average Bonchev–Trinajstić information content (AvgIpc) is 3.04. The lowest BCUT2D eigenvalue weighted by molar-refractivity contribution is -0.108. The lowest BCUT2D eigenvalue weighted by Gasteiger charge is -2.31. The summed E-state index contributed by atoms with van der Waals surface area (Å²) in [5.74, 6) is 3.15. The molecule has 1 N–H and O–H groups in total. The number of nitriles is 1. The Kier molecular flexibility index (Phi) is 6.47. The molecule has 2 aliphatic heterocycles. The van der Waals surface area contributed by atoms with Crippen LogP contribution >= 0.6 is 0 Å². The van der Waals surface area contributed by atoms with Crippen LogP contribution in [0.2, 0.25) is 12.6 Å². The third-order valence-corrected chi connectivity index (χ3v) is 5.67. The van der Waals surface area contributed by atoms with Crippen molar-refractivity contribution in [3.05, 3.63) is 42.1 Å². The van der Waals surface area contributed by atoms with Gasteiger partial charge in [-0.05, 0) is 32.2 Å². The molecular weight excluding hydrogens is 351 g/mol. The number of aldehydes is 1. The van der Waals surface area contributed by atoms with Gasteiger partial charge in [0.05, 0.1) is 24.0 Å². The Morgan fingerprint density at radius 3 is 2.89 bits per heavy atom. The molecule has 1 aromatic rings. The van der Waals surface area contributed by atoms with Crippen molar-refractivity contribution in [1.82, 2.24) is 25.1 Å². The molecule has 3 rings (SSSR count). The van der Waals surface area contributed by atoms with Crippen LogP contribution in [0.1, 0.15) is 29.9 Å². The zero-order chi connectivity index (χ0) is 20.1. The highest BCUT2D eigenvalue weighted by molar-refractivity contribution is 6.67. The zero-order valence-electron chi connectivity index (χ0n) is 16.5. The molecule has 0 spiro atoms. The van der Waals surface area contributed by atoms with E-state index in [2.05, 4.69) is 39.2 Å². The van der Waals surface area contributed by atoms with E-state index in [1.165, 1.54) is 0 Å². The highest BCUT2D eigenvalue weighted by atomic mass is 16.1. The van der Waals surface area contributed by atoms with E-state index in [-0.39, 0.29) is 12.8 Å². The summed E-state index contributed by atoms with van der Waals surface area (Å²) in [5, 5.41) is 12.2. The average molecular weight is 378 g/mol. The lowest BCUT2D eigenvalue weighted by Crippen LogP contribution is -2.36. The van der Waals surface area contributed by atoms with E-state index in [4.69, 9.17) is 10.2 Å². The fraction of sp³-hybridized carbons (Fsp3) is 0.500. The molecule has 1 atom stereocenters. The van der Waals surface area contributed by atoms with Gasteiger partial charge in [0.25, 0.3) is 6.71 Å². The Hall–Kier alpha value is -2.66. The van der Waals surface area contributed by atoms with Gasteiger partial charge in [0, 0.05) is 43.4 Å². The number of aromatic nitrogens is 2. The first-order valence-electron chi connectivity index (χ1n) is 9.80. The van der Waals surface area contributed by atoms with Gasteiger partial charge in [-0.25, -0.2) is 15.2 Å². The monoisotopic (exact) mass is 378 g/mol. The van der Waals surface area contributed by atoms with Crippen molar-refractivity contribution in [2.45, 2.75) is 44.6 Å². The van der Waals surface area contributed by atoms with Crippen molar-refractivity contribution < 1.29 is 4.79 Å². The van der Waals surface area contributed by atoms with Crippen LogP contribution in [0.3, 0.4) is 0 Å². The maximum atomic E-state index is 10.9. The molecular formula is C20H27BN6O. The normalized spacial score (nSPS) is 17.8. The lowest BCUT2D eigenvalue weighted by atomic mass is 9.45. The fourth-order valence-corrected chi connectivity index (χ4v) is 3.93. The van der Waals surface area contributed by atoms with E-state index < -0.39 is 0 Å². The minimum Gasteiger partial charge on any atom is -0.390 e. The molecule has 0 saturated carbocycles. The van der Waals surface area contributed by atoms with E-state index in [0.717, 1.165) is 60.5 Å². The molecule has 146 valence electrons.